The third kappa shape index (κ3) is 3.00. The molecule has 2 aromatic heterocycles. The zero-order chi connectivity index (χ0) is 13.0. The highest BCUT2D eigenvalue weighted by Gasteiger charge is 2.09. The molecule has 0 bridgehead atoms. The molecule has 18 heavy (non-hydrogen) atoms. The van der Waals surface area contributed by atoms with Gasteiger partial charge in [-0.1, -0.05) is 6.92 Å². The molecule has 96 valence electrons. The monoisotopic (exact) mass is 264 g/mol. The van der Waals surface area contributed by atoms with Gasteiger partial charge in [0.15, 0.2) is 0 Å². The van der Waals surface area contributed by atoms with Crippen molar-refractivity contribution in [1.29, 1.82) is 0 Å². The Bertz CT molecular complexity index is 531. The van der Waals surface area contributed by atoms with Crippen LogP contribution in [0.5, 0.6) is 0 Å². The number of rotatable bonds is 5. The molecule has 2 heterocycles. The van der Waals surface area contributed by atoms with E-state index in [-0.39, 0.29) is 5.91 Å². The van der Waals surface area contributed by atoms with Crippen LogP contribution in [0.2, 0.25) is 0 Å². The first-order chi connectivity index (χ1) is 8.72. The minimum Gasteiger partial charge on any atom is -0.467 e. The Morgan fingerprint density at radius 3 is 2.83 bits per heavy atom. The largest absolute Gasteiger partial charge is 0.467 e. The van der Waals surface area contributed by atoms with Crippen molar-refractivity contribution in [3.05, 3.63) is 45.5 Å². The lowest BCUT2D eigenvalue weighted by Crippen LogP contribution is -2.21. The van der Waals surface area contributed by atoms with Crippen LogP contribution in [0.25, 0.3) is 0 Å². The maximum atomic E-state index is 11.8. The molecule has 0 atom stereocenters. The summed E-state index contributed by atoms with van der Waals surface area (Å²) < 4.78 is 5.13. The van der Waals surface area contributed by atoms with E-state index in [2.05, 4.69) is 18.3 Å². The summed E-state index contributed by atoms with van der Waals surface area (Å²) in [6.45, 7) is 2.97. The maximum absolute atomic E-state index is 11.8. The SMILES string of the molecule is CCc1ccc(CNC(=O)c2coc(CN)c2)s1. The van der Waals surface area contributed by atoms with Crippen LogP contribution < -0.4 is 11.1 Å². The van der Waals surface area contributed by atoms with Crippen molar-refractivity contribution in [2.75, 3.05) is 0 Å². The highest BCUT2D eigenvalue weighted by molar-refractivity contribution is 7.11. The van der Waals surface area contributed by atoms with Crippen LogP contribution in [0.1, 0.15) is 32.8 Å². The second-order valence-corrected chi connectivity index (χ2v) is 5.16. The lowest BCUT2D eigenvalue weighted by Gasteiger charge is -2.00. The number of amides is 1. The molecule has 2 aromatic rings. The predicted octanol–water partition coefficient (Wildman–Crippen LogP) is 2.29. The minimum absolute atomic E-state index is 0.134. The molecular weight excluding hydrogens is 248 g/mol. The number of furan rings is 1. The van der Waals surface area contributed by atoms with Gasteiger partial charge in [0, 0.05) is 9.75 Å². The number of hydrogen-bond donors (Lipinski definition) is 2. The van der Waals surface area contributed by atoms with E-state index in [9.17, 15) is 4.79 Å². The quantitative estimate of drug-likeness (QED) is 0.870. The van der Waals surface area contributed by atoms with Gasteiger partial charge >= 0.3 is 0 Å². The van der Waals surface area contributed by atoms with Crippen molar-refractivity contribution in [2.45, 2.75) is 26.4 Å². The number of aryl methyl sites for hydroxylation is 1. The first kappa shape index (κ1) is 12.9. The van der Waals surface area contributed by atoms with Crippen LogP contribution in [0.3, 0.4) is 0 Å². The second-order valence-electron chi connectivity index (χ2n) is 3.91. The Kier molecular flexibility index (Phi) is 4.17. The van der Waals surface area contributed by atoms with Crippen molar-refractivity contribution < 1.29 is 9.21 Å². The molecule has 4 nitrogen and oxygen atoms in total. The molecule has 0 aromatic carbocycles. The summed E-state index contributed by atoms with van der Waals surface area (Å²) in [5.74, 6) is 0.481. The molecule has 1 amide bonds. The van der Waals surface area contributed by atoms with E-state index in [1.54, 1.807) is 17.4 Å². The molecule has 0 aliphatic rings. The van der Waals surface area contributed by atoms with Gasteiger partial charge in [-0.3, -0.25) is 4.79 Å². The summed E-state index contributed by atoms with van der Waals surface area (Å²) in [4.78, 5) is 14.3. The third-order valence-electron chi connectivity index (χ3n) is 2.61. The van der Waals surface area contributed by atoms with Crippen LogP contribution in [0, 0.1) is 0 Å². The molecule has 0 radical (unpaired) electrons. The molecule has 0 spiro atoms. The first-order valence-corrected chi connectivity index (χ1v) is 6.67. The first-order valence-electron chi connectivity index (χ1n) is 5.86. The van der Waals surface area contributed by atoms with Gasteiger partial charge in [-0.15, -0.1) is 11.3 Å². The zero-order valence-electron chi connectivity index (χ0n) is 10.2. The van der Waals surface area contributed by atoms with E-state index < -0.39 is 0 Å². The summed E-state index contributed by atoms with van der Waals surface area (Å²) in [6, 6.07) is 5.81. The second kappa shape index (κ2) is 5.84. The van der Waals surface area contributed by atoms with Gasteiger partial charge < -0.3 is 15.5 Å². The van der Waals surface area contributed by atoms with Gasteiger partial charge in [0.05, 0.1) is 18.7 Å². The van der Waals surface area contributed by atoms with Crippen LogP contribution in [0.4, 0.5) is 0 Å². The zero-order valence-corrected chi connectivity index (χ0v) is 11.0. The van der Waals surface area contributed by atoms with Gasteiger partial charge in [-0.25, -0.2) is 0 Å². The van der Waals surface area contributed by atoms with E-state index in [0.717, 1.165) is 11.3 Å². The summed E-state index contributed by atoms with van der Waals surface area (Å²) in [5.41, 5.74) is 5.94. The third-order valence-corrected chi connectivity index (χ3v) is 3.84. The van der Waals surface area contributed by atoms with Crippen LogP contribution in [0.15, 0.2) is 28.9 Å². The lowest BCUT2D eigenvalue weighted by atomic mass is 10.3. The molecule has 0 unspecified atom stereocenters. The fourth-order valence-electron chi connectivity index (χ4n) is 1.58. The van der Waals surface area contributed by atoms with Crippen molar-refractivity contribution in [1.82, 2.24) is 5.32 Å². The van der Waals surface area contributed by atoms with Gasteiger partial charge in [0.1, 0.15) is 12.0 Å². The van der Waals surface area contributed by atoms with Crippen LogP contribution in [-0.2, 0) is 19.5 Å². The normalized spacial score (nSPS) is 10.6. The van der Waals surface area contributed by atoms with Gasteiger partial charge in [-0.05, 0) is 24.6 Å². The summed E-state index contributed by atoms with van der Waals surface area (Å²) in [7, 11) is 0. The van der Waals surface area contributed by atoms with E-state index in [0.29, 0.717) is 24.4 Å². The van der Waals surface area contributed by atoms with E-state index >= 15 is 0 Å². The Morgan fingerprint density at radius 1 is 1.44 bits per heavy atom. The van der Waals surface area contributed by atoms with Crippen molar-refractivity contribution in [3.8, 4) is 0 Å². The lowest BCUT2D eigenvalue weighted by molar-refractivity contribution is 0.0950. The molecule has 0 fully saturated rings. The predicted molar refractivity (Wildman–Crippen MR) is 71.5 cm³/mol. The van der Waals surface area contributed by atoms with E-state index in [4.69, 9.17) is 10.2 Å². The Balaban J connectivity index is 1.91. The standard InChI is InChI=1S/C13H16N2O2S/c1-2-11-3-4-12(18-11)7-15-13(16)9-5-10(6-14)17-8-9/h3-5,8H,2,6-7,14H2,1H3,(H,15,16). The number of carbonyl (C=O) groups is 1. The summed E-state index contributed by atoms with van der Waals surface area (Å²) in [5, 5.41) is 2.86. The minimum atomic E-state index is -0.134. The van der Waals surface area contributed by atoms with E-state index in [1.807, 2.05) is 6.07 Å². The smallest absolute Gasteiger partial charge is 0.254 e. The average molecular weight is 264 g/mol. The topological polar surface area (TPSA) is 68.3 Å². The van der Waals surface area contributed by atoms with Gasteiger partial charge in [0.2, 0.25) is 0 Å². The van der Waals surface area contributed by atoms with Gasteiger partial charge in [0.25, 0.3) is 5.91 Å². The molecule has 2 rings (SSSR count). The van der Waals surface area contributed by atoms with Crippen molar-refractivity contribution in [3.63, 3.8) is 0 Å². The number of nitrogens with two attached hydrogens (primary N) is 1. The Hall–Kier alpha value is -1.59. The molecule has 0 aliphatic carbocycles. The summed E-state index contributed by atoms with van der Waals surface area (Å²) in [6.07, 6.45) is 2.46. The van der Waals surface area contributed by atoms with Crippen LogP contribution >= 0.6 is 11.3 Å². The molecule has 5 heteroatoms. The molecule has 0 saturated heterocycles. The van der Waals surface area contributed by atoms with Gasteiger partial charge in [-0.2, -0.15) is 0 Å². The number of nitrogens with one attached hydrogen (secondary N) is 1. The Labute approximate surface area is 110 Å². The molecule has 0 saturated carbocycles. The van der Waals surface area contributed by atoms with Crippen molar-refractivity contribution >= 4 is 17.2 Å². The Morgan fingerprint density at radius 2 is 2.22 bits per heavy atom. The molecule has 0 aliphatic heterocycles. The molecule has 3 N–H and O–H groups in total. The number of carbonyl (C=O) groups excluding carboxylic acids is 1. The summed E-state index contributed by atoms with van der Waals surface area (Å²) >= 11 is 1.72. The maximum Gasteiger partial charge on any atom is 0.254 e. The number of thiophene rings is 1. The fraction of sp³-hybridized carbons (Fsp3) is 0.308. The van der Waals surface area contributed by atoms with Crippen LogP contribution in [-0.4, -0.2) is 5.91 Å². The highest BCUT2D eigenvalue weighted by Crippen LogP contribution is 2.16. The molecular formula is C13H16N2O2S. The highest BCUT2D eigenvalue weighted by atomic mass is 32.1. The van der Waals surface area contributed by atoms with Crippen molar-refractivity contribution in [2.24, 2.45) is 5.73 Å². The fourth-order valence-corrected chi connectivity index (χ4v) is 2.48. The number of hydrogen-bond acceptors (Lipinski definition) is 4. The van der Waals surface area contributed by atoms with E-state index in [1.165, 1.54) is 11.1 Å². The average Bonchev–Trinajstić information content (AvgIpc) is 3.04.